The lowest BCUT2D eigenvalue weighted by molar-refractivity contribution is -0.165. The van der Waals surface area contributed by atoms with Gasteiger partial charge in [-0.2, -0.15) is 0 Å². The Labute approximate surface area is 158 Å². The summed E-state index contributed by atoms with van der Waals surface area (Å²) in [5, 5.41) is 4.95. The molecule has 7 nitrogen and oxygen atoms in total. The summed E-state index contributed by atoms with van der Waals surface area (Å²) in [5.74, 6) is -4.74. The third-order valence-electron chi connectivity index (χ3n) is 4.10. The third-order valence-corrected chi connectivity index (χ3v) is 4.10. The van der Waals surface area contributed by atoms with Crippen molar-refractivity contribution in [2.75, 3.05) is 17.2 Å². The Hall–Kier alpha value is -3.49. The first-order valence-electron chi connectivity index (χ1n) is 8.33. The van der Waals surface area contributed by atoms with Crippen molar-refractivity contribution in [3.63, 3.8) is 0 Å². The SMILES string of the molecule is CCOC(=O)[C@@]1(C)Oc2cc(NC(=O)c3cccc(F)c3F)ccc2NC1=O. The van der Waals surface area contributed by atoms with Crippen LogP contribution in [0.4, 0.5) is 20.2 Å². The Morgan fingerprint density at radius 3 is 2.71 bits per heavy atom. The molecule has 1 atom stereocenters. The fourth-order valence-corrected chi connectivity index (χ4v) is 2.58. The maximum atomic E-state index is 13.8. The van der Waals surface area contributed by atoms with Crippen molar-refractivity contribution < 1.29 is 32.6 Å². The van der Waals surface area contributed by atoms with Gasteiger partial charge in [0.2, 0.25) is 0 Å². The van der Waals surface area contributed by atoms with Gasteiger partial charge in [-0.15, -0.1) is 0 Å². The highest BCUT2D eigenvalue weighted by Crippen LogP contribution is 2.36. The molecule has 28 heavy (non-hydrogen) atoms. The molecule has 2 N–H and O–H groups in total. The molecule has 0 radical (unpaired) electrons. The number of carbonyl (C=O) groups excluding carboxylic acids is 3. The van der Waals surface area contributed by atoms with Gasteiger partial charge in [-0.25, -0.2) is 13.6 Å². The number of benzene rings is 2. The van der Waals surface area contributed by atoms with Crippen molar-refractivity contribution in [2.45, 2.75) is 19.4 Å². The summed E-state index contributed by atoms with van der Waals surface area (Å²) >= 11 is 0. The summed E-state index contributed by atoms with van der Waals surface area (Å²) in [6.07, 6.45) is 0. The van der Waals surface area contributed by atoms with Crippen LogP contribution < -0.4 is 15.4 Å². The van der Waals surface area contributed by atoms with E-state index >= 15 is 0 Å². The van der Waals surface area contributed by atoms with Gasteiger partial charge in [-0.1, -0.05) is 6.07 Å². The minimum absolute atomic E-state index is 0.0627. The highest BCUT2D eigenvalue weighted by Gasteiger charge is 2.48. The van der Waals surface area contributed by atoms with Crippen LogP contribution in [0.25, 0.3) is 0 Å². The van der Waals surface area contributed by atoms with Gasteiger partial charge in [0, 0.05) is 11.8 Å². The average Bonchev–Trinajstić information content (AvgIpc) is 2.65. The van der Waals surface area contributed by atoms with Gasteiger partial charge in [0.1, 0.15) is 5.75 Å². The molecule has 0 aromatic heterocycles. The van der Waals surface area contributed by atoms with Crippen LogP contribution in [0.5, 0.6) is 5.75 Å². The molecule has 2 amide bonds. The average molecular weight is 390 g/mol. The van der Waals surface area contributed by atoms with Gasteiger partial charge in [-0.3, -0.25) is 9.59 Å². The van der Waals surface area contributed by atoms with Gasteiger partial charge in [0.25, 0.3) is 17.4 Å². The van der Waals surface area contributed by atoms with E-state index < -0.39 is 40.6 Å². The van der Waals surface area contributed by atoms with Crippen molar-refractivity contribution in [3.8, 4) is 5.75 Å². The minimum Gasteiger partial charge on any atom is -0.464 e. The molecule has 2 aromatic carbocycles. The first-order chi connectivity index (χ1) is 13.3. The van der Waals surface area contributed by atoms with Crippen molar-refractivity contribution >= 4 is 29.2 Å². The van der Waals surface area contributed by atoms with E-state index in [0.29, 0.717) is 0 Å². The highest BCUT2D eigenvalue weighted by molar-refractivity contribution is 6.14. The minimum atomic E-state index is -1.90. The zero-order valence-electron chi connectivity index (χ0n) is 15.0. The number of halogens is 2. The molecule has 146 valence electrons. The number of hydrogen-bond donors (Lipinski definition) is 2. The van der Waals surface area contributed by atoms with E-state index in [1.165, 1.54) is 31.2 Å². The fraction of sp³-hybridized carbons (Fsp3) is 0.211. The lowest BCUT2D eigenvalue weighted by atomic mass is 10.0. The Morgan fingerprint density at radius 1 is 1.25 bits per heavy atom. The number of hydrogen-bond acceptors (Lipinski definition) is 5. The molecular formula is C19H16F2N2O5. The fourth-order valence-electron chi connectivity index (χ4n) is 2.58. The largest absolute Gasteiger partial charge is 0.464 e. The maximum absolute atomic E-state index is 13.8. The van der Waals surface area contributed by atoms with Crippen LogP contribution in [0.15, 0.2) is 36.4 Å². The quantitative estimate of drug-likeness (QED) is 0.619. The molecular weight excluding hydrogens is 374 g/mol. The summed E-state index contributed by atoms with van der Waals surface area (Å²) in [7, 11) is 0. The van der Waals surface area contributed by atoms with Gasteiger partial charge >= 0.3 is 5.97 Å². The number of rotatable bonds is 4. The van der Waals surface area contributed by atoms with Gasteiger partial charge in [0.05, 0.1) is 17.9 Å². The smallest absolute Gasteiger partial charge is 0.360 e. The molecule has 0 aliphatic carbocycles. The monoisotopic (exact) mass is 390 g/mol. The number of ether oxygens (including phenoxy) is 2. The highest BCUT2D eigenvalue weighted by atomic mass is 19.2. The van der Waals surface area contributed by atoms with E-state index in [1.807, 2.05) is 0 Å². The number of esters is 1. The molecule has 0 saturated carbocycles. The molecule has 1 aliphatic rings. The number of nitrogens with one attached hydrogen (secondary N) is 2. The van der Waals surface area contributed by atoms with Crippen molar-refractivity contribution in [1.29, 1.82) is 0 Å². The summed E-state index contributed by atoms with van der Waals surface area (Å²) in [4.78, 5) is 36.6. The lowest BCUT2D eigenvalue weighted by Gasteiger charge is -2.32. The van der Waals surface area contributed by atoms with E-state index in [9.17, 15) is 23.2 Å². The normalized spacial score (nSPS) is 17.8. The molecule has 0 bridgehead atoms. The van der Waals surface area contributed by atoms with Crippen molar-refractivity contribution in [2.24, 2.45) is 0 Å². The second kappa shape index (κ2) is 7.26. The molecule has 9 heteroatoms. The van der Waals surface area contributed by atoms with Crippen LogP contribution in [-0.4, -0.2) is 30.0 Å². The molecule has 1 aliphatic heterocycles. The zero-order chi connectivity index (χ0) is 20.5. The second-order valence-corrected chi connectivity index (χ2v) is 6.08. The van der Waals surface area contributed by atoms with Crippen molar-refractivity contribution in [3.05, 3.63) is 53.6 Å². The second-order valence-electron chi connectivity index (χ2n) is 6.08. The third kappa shape index (κ3) is 3.38. The standard InChI is InChI=1S/C19H16F2N2O5/c1-3-27-18(26)19(2)17(25)23-13-8-7-10(9-14(13)28-19)22-16(24)11-5-4-6-12(20)15(11)21/h4-9H,3H2,1-2H3,(H,22,24)(H,23,25)/t19-/m0/s1. The molecule has 0 fully saturated rings. The maximum Gasteiger partial charge on any atom is 0.360 e. The lowest BCUT2D eigenvalue weighted by Crippen LogP contribution is -2.55. The van der Waals surface area contributed by atoms with Crippen LogP contribution in [0.2, 0.25) is 0 Å². The molecule has 0 unspecified atom stereocenters. The summed E-state index contributed by atoms with van der Waals surface area (Å²) in [6.45, 7) is 2.92. The Morgan fingerprint density at radius 2 is 2.00 bits per heavy atom. The van der Waals surface area contributed by atoms with E-state index in [4.69, 9.17) is 9.47 Å². The summed E-state index contributed by atoms with van der Waals surface area (Å²) in [5.41, 5.74) is -1.90. The topological polar surface area (TPSA) is 93.7 Å². The van der Waals surface area contributed by atoms with E-state index in [1.54, 1.807) is 6.92 Å². The number of amides is 2. The predicted molar refractivity (Wildman–Crippen MR) is 95.0 cm³/mol. The van der Waals surface area contributed by atoms with Crippen LogP contribution in [-0.2, 0) is 14.3 Å². The Bertz CT molecular complexity index is 979. The van der Waals surface area contributed by atoms with Crippen LogP contribution in [0.3, 0.4) is 0 Å². The number of fused-ring (bicyclic) bond motifs is 1. The van der Waals surface area contributed by atoms with Crippen molar-refractivity contribution in [1.82, 2.24) is 0 Å². The van der Waals surface area contributed by atoms with E-state index in [0.717, 1.165) is 12.1 Å². The first kappa shape index (κ1) is 19.3. The summed E-state index contributed by atoms with van der Waals surface area (Å²) < 4.78 is 37.5. The molecule has 0 spiro atoms. The van der Waals surface area contributed by atoms with Gasteiger partial charge in [-0.05, 0) is 38.1 Å². The van der Waals surface area contributed by atoms with Crippen LogP contribution >= 0.6 is 0 Å². The molecule has 1 heterocycles. The Balaban J connectivity index is 1.86. The first-order valence-corrected chi connectivity index (χ1v) is 8.33. The van der Waals surface area contributed by atoms with Crippen LogP contribution in [0, 0.1) is 11.6 Å². The van der Waals surface area contributed by atoms with E-state index in [2.05, 4.69) is 10.6 Å². The predicted octanol–water partition coefficient (Wildman–Crippen LogP) is 2.87. The number of anilines is 2. The Kier molecular flexibility index (Phi) is 5.00. The summed E-state index contributed by atoms with van der Waals surface area (Å²) in [6, 6.07) is 7.48. The van der Waals surface area contributed by atoms with E-state index in [-0.39, 0.29) is 23.7 Å². The number of carbonyl (C=O) groups is 3. The molecule has 0 saturated heterocycles. The van der Waals surface area contributed by atoms with Gasteiger partial charge < -0.3 is 20.1 Å². The molecule has 2 aromatic rings. The van der Waals surface area contributed by atoms with Crippen LogP contribution in [0.1, 0.15) is 24.2 Å². The van der Waals surface area contributed by atoms with Gasteiger partial charge in [0.15, 0.2) is 11.6 Å². The zero-order valence-corrected chi connectivity index (χ0v) is 15.0. The molecule has 3 rings (SSSR count).